The summed E-state index contributed by atoms with van der Waals surface area (Å²) in [5.74, 6) is 0.444. The van der Waals surface area contributed by atoms with Crippen LogP contribution in [0.25, 0.3) is 0 Å². The summed E-state index contributed by atoms with van der Waals surface area (Å²) in [6.45, 7) is 4.77. The molecule has 0 heterocycles. The molecular weight excluding hydrogens is 268 g/mol. The minimum atomic E-state index is 0. The van der Waals surface area contributed by atoms with Gasteiger partial charge in [0.15, 0.2) is 0 Å². The maximum Gasteiger partial charge on any atom is 1.00 e. The molecule has 0 unspecified atom stereocenters. The van der Waals surface area contributed by atoms with Gasteiger partial charge in [-0.15, -0.1) is 11.6 Å². The summed E-state index contributed by atoms with van der Waals surface area (Å²) in [5.41, 5.74) is 0. The molecule has 0 nitrogen and oxygen atoms in total. The Kier molecular flexibility index (Phi) is 16.3. The Morgan fingerprint density at radius 3 is 2.00 bits per heavy atom. The van der Waals surface area contributed by atoms with Crippen molar-refractivity contribution in [1.82, 2.24) is 0 Å². The van der Waals surface area contributed by atoms with E-state index in [-0.39, 0.29) is 22.4 Å². The Labute approximate surface area is 52.7 Å². The normalized spacial score (nSPS) is 5.00. The van der Waals surface area contributed by atoms with E-state index in [0.29, 0.717) is 5.88 Å². The van der Waals surface area contributed by atoms with Gasteiger partial charge in [0.05, 0.1) is 0 Å². The van der Waals surface area contributed by atoms with E-state index in [4.69, 9.17) is 18.2 Å². The smallest absolute Gasteiger partial charge is 0.517 e. The minimum Gasteiger partial charge on any atom is -0.517 e. The summed E-state index contributed by atoms with van der Waals surface area (Å²) in [5, 5.41) is 0. The van der Waals surface area contributed by atoms with Gasteiger partial charge >= 0.3 is 22.4 Å². The molecule has 0 aliphatic heterocycles. The first kappa shape index (κ1) is 9.24. The van der Waals surface area contributed by atoms with E-state index in [2.05, 4.69) is 0 Å². The molecule has 0 radical (unpaired) electrons. The van der Waals surface area contributed by atoms with E-state index in [1.54, 1.807) is 0 Å². The molecule has 0 bridgehead atoms. The third-order valence-electron chi connectivity index (χ3n) is 0.0891. The Morgan fingerprint density at radius 2 is 2.00 bits per heavy atom. The second kappa shape index (κ2) is 8.84. The molecule has 0 atom stereocenters. The number of rotatable bonds is 1. The standard InChI is InChI=1S/C3H4Cl.Au/c1-2-3-4;/h1-2H,3H2;/q-1;+1. The first-order chi connectivity index (χ1) is 1.91. The monoisotopic (exact) mass is 272 g/mol. The molecule has 0 aromatic rings. The third kappa shape index (κ3) is 11.7. The number of allylic oxidation sites excluding steroid dienone is 1. The zero-order valence-corrected chi connectivity index (χ0v) is 5.46. The van der Waals surface area contributed by atoms with Crippen molar-refractivity contribution in [1.29, 1.82) is 0 Å². The van der Waals surface area contributed by atoms with Crippen molar-refractivity contribution in [2.24, 2.45) is 0 Å². The van der Waals surface area contributed by atoms with Gasteiger partial charge in [-0.3, -0.25) is 6.08 Å². The van der Waals surface area contributed by atoms with Crippen molar-refractivity contribution in [2.45, 2.75) is 0 Å². The van der Waals surface area contributed by atoms with Crippen LogP contribution in [0.15, 0.2) is 6.08 Å². The maximum atomic E-state index is 5.01. The molecule has 0 aliphatic rings. The van der Waals surface area contributed by atoms with Crippen LogP contribution in [0.5, 0.6) is 0 Å². The largest absolute Gasteiger partial charge is 1.00 e. The summed E-state index contributed by atoms with van der Waals surface area (Å²) >= 11 is 5.01. The van der Waals surface area contributed by atoms with Gasteiger partial charge in [0.2, 0.25) is 0 Å². The van der Waals surface area contributed by atoms with Gasteiger partial charge in [-0.1, -0.05) is 0 Å². The summed E-state index contributed by atoms with van der Waals surface area (Å²) in [4.78, 5) is 0. The van der Waals surface area contributed by atoms with Crippen molar-refractivity contribution in [3.63, 3.8) is 0 Å². The number of hydrogen-bond acceptors (Lipinski definition) is 0. The van der Waals surface area contributed by atoms with E-state index in [9.17, 15) is 0 Å². The average molecular weight is 272 g/mol. The van der Waals surface area contributed by atoms with Gasteiger partial charge in [0, 0.05) is 5.88 Å². The summed E-state index contributed by atoms with van der Waals surface area (Å²) in [6, 6.07) is 0. The molecule has 0 aromatic carbocycles. The van der Waals surface area contributed by atoms with Crippen molar-refractivity contribution >= 4 is 11.6 Å². The van der Waals surface area contributed by atoms with Crippen LogP contribution in [0.4, 0.5) is 0 Å². The van der Waals surface area contributed by atoms with E-state index in [0.717, 1.165) is 0 Å². The fourth-order valence-corrected chi connectivity index (χ4v) is 0. The van der Waals surface area contributed by atoms with Gasteiger partial charge in [0.25, 0.3) is 0 Å². The van der Waals surface area contributed by atoms with Gasteiger partial charge in [-0.05, 0) is 0 Å². The zero-order chi connectivity index (χ0) is 3.41. The minimum absolute atomic E-state index is 0. The second-order valence-corrected chi connectivity index (χ2v) is 0.699. The van der Waals surface area contributed by atoms with Crippen LogP contribution in [-0.4, -0.2) is 5.88 Å². The van der Waals surface area contributed by atoms with E-state index in [1.165, 1.54) is 6.08 Å². The Balaban J connectivity index is 0. The molecule has 0 N–H and O–H groups in total. The molecule has 2 heteroatoms. The first-order valence-electron chi connectivity index (χ1n) is 1.01. The summed E-state index contributed by atoms with van der Waals surface area (Å²) < 4.78 is 0. The molecule has 0 saturated carbocycles. The molecule has 34 valence electrons. The Bertz CT molecular complexity index is 20.9. The predicted octanol–water partition coefficient (Wildman–Crippen LogP) is 1.21. The van der Waals surface area contributed by atoms with Crippen LogP contribution in [-0.2, 0) is 22.4 Å². The van der Waals surface area contributed by atoms with Crippen LogP contribution >= 0.6 is 11.6 Å². The first-order valence-corrected chi connectivity index (χ1v) is 1.54. The van der Waals surface area contributed by atoms with Crippen LogP contribution in [0.3, 0.4) is 0 Å². The zero-order valence-electron chi connectivity index (χ0n) is 2.54. The molecule has 0 aromatic heterocycles. The van der Waals surface area contributed by atoms with Crippen molar-refractivity contribution in [3.8, 4) is 0 Å². The van der Waals surface area contributed by atoms with E-state index < -0.39 is 0 Å². The molecule has 0 saturated heterocycles. The van der Waals surface area contributed by atoms with Crippen molar-refractivity contribution < 1.29 is 22.4 Å². The topological polar surface area (TPSA) is 0 Å². The van der Waals surface area contributed by atoms with Crippen LogP contribution < -0.4 is 0 Å². The van der Waals surface area contributed by atoms with Gasteiger partial charge in [-0.2, -0.15) is 0 Å². The average Bonchev–Trinajstić information content (AvgIpc) is 1.37. The number of halogens is 1. The van der Waals surface area contributed by atoms with Crippen LogP contribution in [0.2, 0.25) is 0 Å². The molecule has 0 fully saturated rings. The fourth-order valence-electron chi connectivity index (χ4n) is 0. The summed E-state index contributed by atoms with van der Waals surface area (Å²) in [6.07, 6.45) is 1.39. The molecular formula is C3H4AuCl. The second-order valence-electron chi connectivity index (χ2n) is 0.390. The van der Waals surface area contributed by atoms with Crippen molar-refractivity contribution in [3.05, 3.63) is 12.7 Å². The molecule has 0 rings (SSSR count). The van der Waals surface area contributed by atoms with Crippen molar-refractivity contribution in [2.75, 3.05) is 5.88 Å². The van der Waals surface area contributed by atoms with E-state index >= 15 is 0 Å². The van der Waals surface area contributed by atoms with Gasteiger partial charge < -0.3 is 6.58 Å². The van der Waals surface area contributed by atoms with Gasteiger partial charge in [0.1, 0.15) is 0 Å². The molecule has 0 aliphatic carbocycles. The maximum absolute atomic E-state index is 5.01. The Hall–Kier alpha value is 0.770. The predicted molar refractivity (Wildman–Crippen MR) is 19.6 cm³/mol. The third-order valence-corrected chi connectivity index (χ3v) is 0.267. The number of hydrogen-bond donors (Lipinski definition) is 0. The summed E-state index contributed by atoms with van der Waals surface area (Å²) in [7, 11) is 0. The SMILES string of the molecule is [Au+].[CH-]=CCCl. The van der Waals surface area contributed by atoms with Crippen LogP contribution in [0.1, 0.15) is 0 Å². The Morgan fingerprint density at radius 1 is 1.80 bits per heavy atom. The van der Waals surface area contributed by atoms with Gasteiger partial charge in [-0.25, -0.2) is 0 Å². The quantitative estimate of drug-likeness (QED) is 0.382. The molecule has 0 amide bonds. The number of alkyl halides is 1. The molecule has 5 heavy (non-hydrogen) atoms. The van der Waals surface area contributed by atoms with Crippen LogP contribution in [0, 0.1) is 6.58 Å². The molecule has 0 spiro atoms. The van der Waals surface area contributed by atoms with E-state index in [1.807, 2.05) is 0 Å². The fraction of sp³-hybridized carbons (Fsp3) is 0.333.